The summed E-state index contributed by atoms with van der Waals surface area (Å²) in [5.41, 5.74) is -0.572. The highest BCUT2D eigenvalue weighted by Gasteiger charge is 2.37. The fraction of sp³-hybridized carbons (Fsp3) is 0.312. The summed E-state index contributed by atoms with van der Waals surface area (Å²) in [5, 5.41) is 15.5. The van der Waals surface area contributed by atoms with Crippen molar-refractivity contribution in [1.29, 1.82) is 0 Å². The number of carboxylic acids is 1. The molecule has 3 rings (SSSR count). The van der Waals surface area contributed by atoms with Gasteiger partial charge in [-0.2, -0.15) is 18.3 Å². The summed E-state index contributed by atoms with van der Waals surface area (Å²) < 4.78 is 41.5. The van der Waals surface area contributed by atoms with Gasteiger partial charge in [0.2, 0.25) is 0 Å². The van der Waals surface area contributed by atoms with Crippen LogP contribution in [0.5, 0.6) is 0 Å². The molecule has 1 aromatic carbocycles. The van der Waals surface area contributed by atoms with E-state index in [4.69, 9.17) is 5.11 Å². The van der Waals surface area contributed by atoms with Crippen molar-refractivity contribution in [1.82, 2.24) is 15.1 Å². The van der Waals surface area contributed by atoms with Crippen LogP contribution in [0.1, 0.15) is 44.1 Å². The van der Waals surface area contributed by atoms with Gasteiger partial charge in [-0.3, -0.25) is 4.79 Å². The Hall–Kier alpha value is -2.84. The summed E-state index contributed by atoms with van der Waals surface area (Å²) in [6.07, 6.45) is -2.99. The van der Waals surface area contributed by atoms with Gasteiger partial charge in [-0.05, 0) is 37.5 Å². The maximum absolute atomic E-state index is 13.4. The molecule has 1 aliphatic carbocycles. The molecule has 0 saturated heterocycles. The number of rotatable bonds is 3. The van der Waals surface area contributed by atoms with Gasteiger partial charge in [-0.25, -0.2) is 9.48 Å². The number of hydrogen-bond acceptors (Lipinski definition) is 3. The minimum Gasteiger partial charge on any atom is -0.478 e. The Bertz CT molecular complexity index is 871. The number of carboxylic acid groups (broad SMARTS) is 1. The molecular formula is C16H14F3N3O3. The van der Waals surface area contributed by atoms with Gasteiger partial charge in [0.15, 0.2) is 5.69 Å². The zero-order valence-electron chi connectivity index (χ0n) is 13.1. The Kier molecular flexibility index (Phi) is 4.02. The van der Waals surface area contributed by atoms with Gasteiger partial charge in [0.25, 0.3) is 5.91 Å². The van der Waals surface area contributed by atoms with Crippen molar-refractivity contribution in [3.63, 3.8) is 0 Å². The Balaban J connectivity index is 2.24. The number of carbonyl (C=O) groups is 2. The van der Waals surface area contributed by atoms with E-state index in [1.807, 2.05) is 0 Å². The normalized spacial score (nSPS) is 13.6. The topological polar surface area (TPSA) is 84.2 Å². The Labute approximate surface area is 140 Å². The maximum Gasteiger partial charge on any atom is 0.418 e. The molecule has 0 fully saturated rings. The molecule has 0 spiro atoms. The zero-order chi connectivity index (χ0) is 18.4. The number of aromatic nitrogens is 2. The first-order valence-electron chi connectivity index (χ1n) is 7.51. The van der Waals surface area contributed by atoms with Crippen LogP contribution in [0.2, 0.25) is 0 Å². The summed E-state index contributed by atoms with van der Waals surface area (Å²) >= 11 is 0. The van der Waals surface area contributed by atoms with E-state index >= 15 is 0 Å². The molecule has 6 nitrogen and oxygen atoms in total. The van der Waals surface area contributed by atoms with Crippen molar-refractivity contribution in [3.8, 4) is 5.69 Å². The number of nitrogens with zero attached hydrogens (tertiary/aromatic N) is 2. The molecule has 1 aliphatic rings. The number of carbonyl (C=O) groups excluding carboxylic acids is 1. The molecule has 1 aromatic heterocycles. The predicted octanol–water partition coefficient (Wildman–Crippen LogP) is 2.44. The van der Waals surface area contributed by atoms with Gasteiger partial charge in [0.1, 0.15) is 0 Å². The van der Waals surface area contributed by atoms with Gasteiger partial charge in [0, 0.05) is 18.3 Å². The molecule has 132 valence electrons. The Morgan fingerprint density at radius 2 is 2.00 bits per heavy atom. The van der Waals surface area contributed by atoms with Gasteiger partial charge in [0.05, 0.1) is 16.8 Å². The summed E-state index contributed by atoms with van der Waals surface area (Å²) in [6.45, 7) is 0. The van der Waals surface area contributed by atoms with Gasteiger partial charge in [-0.15, -0.1) is 0 Å². The highest BCUT2D eigenvalue weighted by molar-refractivity contribution is 5.94. The second-order valence-electron chi connectivity index (χ2n) is 5.65. The molecule has 1 heterocycles. The minimum absolute atomic E-state index is 0.102. The van der Waals surface area contributed by atoms with E-state index in [-0.39, 0.29) is 11.4 Å². The van der Waals surface area contributed by atoms with Crippen molar-refractivity contribution < 1.29 is 27.9 Å². The van der Waals surface area contributed by atoms with E-state index in [9.17, 15) is 22.8 Å². The SMILES string of the molecule is CNC(=O)c1nn(-c2ccc(C(=O)O)cc2C(F)(F)F)c2c1CCC2. The minimum atomic E-state index is -4.76. The zero-order valence-corrected chi connectivity index (χ0v) is 13.1. The summed E-state index contributed by atoms with van der Waals surface area (Å²) in [6, 6.07) is 2.75. The molecule has 0 saturated carbocycles. The number of nitrogens with one attached hydrogen (secondary N) is 1. The third-order valence-corrected chi connectivity index (χ3v) is 4.15. The van der Waals surface area contributed by atoms with Crippen molar-refractivity contribution >= 4 is 11.9 Å². The van der Waals surface area contributed by atoms with Crippen LogP contribution in [0.4, 0.5) is 13.2 Å². The average molecular weight is 353 g/mol. The summed E-state index contributed by atoms with van der Waals surface area (Å²) in [5.74, 6) is -1.92. The lowest BCUT2D eigenvalue weighted by Crippen LogP contribution is -2.20. The van der Waals surface area contributed by atoms with Crippen molar-refractivity contribution in [2.75, 3.05) is 7.05 Å². The molecule has 25 heavy (non-hydrogen) atoms. The van der Waals surface area contributed by atoms with Crippen molar-refractivity contribution in [2.24, 2.45) is 0 Å². The molecule has 1 amide bonds. The van der Waals surface area contributed by atoms with Crippen LogP contribution in [0, 0.1) is 0 Å². The third-order valence-electron chi connectivity index (χ3n) is 4.15. The standard InChI is InChI=1S/C16H14F3N3O3/c1-20-14(23)13-9-3-2-4-11(9)22(21-13)12-6-5-8(15(24)25)7-10(12)16(17,18)19/h5-7H,2-4H2,1H3,(H,20,23)(H,24,25). The van der Waals surface area contributed by atoms with Crippen molar-refractivity contribution in [3.05, 3.63) is 46.3 Å². The first-order chi connectivity index (χ1) is 11.7. The number of alkyl halides is 3. The largest absolute Gasteiger partial charge is 0.478 e. The number of aromatic carboxylic acids is 1. The van der Waals surface area contributed by atoms with Gasteiger partial charge < -0.3 is 10.4 Å². The monoisotopic (exact) mass is 353 g/mol. The predicted molar refractivity (Wildman–Crippen MR) is 80.9 cm³/mol. The highest BCUT2D eigenvalue weighted by Crippen LogP contribution is 2.37. The maximum atomic E-state index is 13.4. The second kappa shape index (κ2) is 5.91. The van der Waals surface area contributed by atoms with E-state index < -0.39 is 29.2 Å². The molecule has 9 heteroatoms. The van der Waals surface area contributed by atoms with E-state index in [0.29, 0.717) is 36.6 Å². The molecule has 0 bridgehead atoms. The van der Waals surface area contributed by atoms with Crippen LogP contribution >= 0.6 is 0 Å². The molecule has 2 aromatic rings. The van der Waals surface area contributed by atoms with Crippen molar-refractivity contribution in [2.45, 2.75) is 25.4 Å². The number of halogens is 3. The fourth-order valence-corrected chi connectivity index (χ4v) is 3.02. The lowest BCUT2D eigenvalue weighted by molar-refractivity contribution is -0.137. The quantitative estimate of drug-likeness (QED) is 0.888. The molecular weight excluding hydrogens is 339 g/mol. The van der Waals surface area contributed by atoms with E-state index in [2.05, 4.69) is 10.4 Å². The van der Waals surface area contributed by atoms with E-state index in [1.165, 1.54) is 7.05 Å². The Morgan fingerprint density at radius 1 is 1.28 bits per heavy atom. The number of amides is 1. The molecule has 2 N–H and O–H groups in total. The lowest BCUT2D eigenvalue weighted by Gasteiger charge is -2.15. The number of benzene rings is 1. The Morgan fingerprint density at radius 3 is 2.60 bits per heavy atom. The fourth-order valence-electron chi connectivity index (χ4n) is 3.02. The summed E-state index contributed by atoms with van der Waals surface area (Å²) in [4.78, 5) is 23.0. The molecule has 0 atom stereocenters. The molecule has 0 unspecified atom stereocenters. The summed E-state index contributed by atoms with van der Waals surface area (Å²) in [7, 11) is 1.42. The number of fused-ring (bicyclic) bond motifs is 1. The second-order valence-corrected chi connectivity index (χ2v) is 5.65. The van der Waals surface area contributed by atoms with Crippen LogP contribution < -0.4 is 5.32 Å². The molecule has 0 radical (unpaired) electrons. The third kappa shape index (κ3) is 2.86. The molecule has 0 aliphatic heterocycles. The van der Waals surface area contributed by atoms with Crippen LogP contribution in [0.25, 0.3) is 5.69 Å². The lowest BCUT2D eigenvalue weighted by atomic mass is 10.1. The van der Waals surface area contributed by atoms with Crippen LogP contribution in [0.15, 0.2) is 18.2 Å². The number of hydrogen-bond donors (Lipinski definition) is 2. The van der Waals surface area contributed by atoms with Crippen LogP contribution in [0.3, 0.4) is 0 Å². The van der Waals surface area contributed by atoms with E-state index in [0.717, 1.165) is 16.8 Å². The van der Waals surface area contributed by atoms with Gasteiger partial charge in [-0.1, -0.05) is 0 Å². The van der Waals surface area contributed by atoms with Gasteiger partial charge >= 0.3 is 12.1 Å². The smallest absolute Gasteiger partial charge is 0.418 e. The first-order valence-corrected chi connectivity index (χ1v) is 7.51. The van der Waals surface area contributed by atoms with E-state index in [1.54, 1.807) is 0 Å². The average Bonchev–Trinajstić information content (AvgIpc) is 3.15. The highest BCUT2D eigenvalue weighted by atomic mass is 19.4. The van der Waals surface area contributed by atoms with Crippen LogP contribution in [-0.4, -0.2) is 33.8 Å². The van der Waals surface area contributed by atoms with Crippen LogP contribution in [-0.2, 0) is 19.0 Å². The first kappa shape index (κ1) is 17.0.